The van der Waals surface area contributed by atoms with E-state index in [1.165, 1.54) is 37.7 Å². The molecule has 0 aliphatic heterocycles. The molecule has 1 atom stereocenters. The van der Waals surface area contributed by atoms with E-state index in [9.17, 15) is 0 Å². The van der Waals surface area contributed by atoms with Crippen LogP contribution in [0.1, 0.15) is 29.5 Å². The second kappa shape index (κ2) is 6.71. The van der Waals surface area contributed by atoms with Gasteiger partial charge < -0.3 is 5.32 Å². The second-order valence-electron chi connectivity index (χ2n) is 5.75. The molecule has 3 rings (SSSR count). The lowest BCUT2D eigenvalue weighted by Gasteiger charge is -2.25. The number of aryl methyl sites for hydroxylation is 2. The lowest BCUT2D eigenvalue weighted by Crippen LogP contribution is -2.35. The van der Waals surface area contributed by atoms with Gasteiger partial charge in [0.05, 0.1) is 0 Å². The average molecular weight is 265 g/mol. The van der Waals surface area contributed by atoms with Gasteiger partial charge in [-0.2, -0.15) is 0 Å². The molecule has 1 heteroatoms. The molecule has 0 fully saturated rings. The van der Waals surface area contributed by atoms with E-state index in [1.54, 1.807) is 11.1 Å². The van der Waals surface area contributed by atoms with Gasteiger partial charge in [0.15, 0.2) is 0 Å². The number of hydrogen-bond acceptors (Lipinski definition) is 1. The van der Waals surface area contributed by atoms with Crippen LogP contribution in [0.2, 0.25) is 0 Å². The second-order valence-corrected chi connectivity index (χ2v) is 5.75. The van der Waals surface area contributed by atoms with Gasteiger partial charge in [-0.25, -0.2) is 0 Å². The third-order valence-electron chi connectivity index (χ3n) is 4.26. The van der Waals surface area contributed by atoms with Gasteiger partial charge in [-0.3, -0.25) is 0 Å². The first kappa shape index (κ1) is 13.4. The predicted molar refractivity (Wildman–Crippen MR) is 85.0 cm³/mol. The first-order valence-corrected chi connectivity index (χ1v) is 7.76. The van der Waals surface area contributed by atoms with E-state index in [-0.39, 0.29) is 0 Å². The Balaban J connectivity index is 1.42. The molecule has 2 aromatic carbocycles. The molecular formula is C19H23N. The first-order chi connectivity index (χ1) is 9.92. The third-order valence-corrected chi connectivity index (χ3v) is 4.26. The van der Waals surface area contributed by atoms with E-state index >= 15 is 0 Å². The van der Waals surface area contributed by atoms with Crippen LogP contribution in [0, 0.1) is 0 Å². The number of fused-ring (bicyclic) bond motifs is 1. The van der Waals surface area contributed by atoms with E-state index in [2.05, 4.69) is 59.9 Å². The molecule has 0 aromatic heterocycles. The maximum Gasteiger partial charge on any atom is 0.0111 e. The van der Waals surface area contributed by atoms with E-state index < -0.39 is 0 Å². The summed E-state index contributed by atoms with van der Waals surface area (Å²) in [5.41, 5.74) is 4.54. The Kier molecular flexibility index (Phi) is 4.49. The van der Waals surface area contributed by atoms with Crippen molar-refractivity contribution in [3.8, 4) is 0 Å². The molecule has 0 spiro atoms. The summed E-state index contributed by atoms with van der Waals surface area (Å²) in [7, 11) is 0. The van der Waals surface area contributed by atoms with Crippen LogP contribution >= 0.6 is 0 Å². The Labute approximate surface area is 122 Å². The zero-order valence-electron chi connectivity index (χ0n) is 12.0. The molecule has 0 saturated heterocycles. The van der Waals surface area contributed by atoms with Gasteiger partial charge in [0.2, 0.25) is 0 Å². The van der Waals surface area contributed by atoms with Gasteiger partial charge in [-0.15, -0.1) is 0 Å². The summed E-state index contributed by atoms with van der Waals surface area (Å²) < 4.78 is 0. The van der Waals surface area contributed by atoms with Crippen molar-refractivity contribution in [3.05, 3.63) is 71.3 Å². The fraction of sp³-hybridized carbons (Fsp3) is 0.368. The summed E-state index contributed by atoms with van der Waals surface area (Å²) in [6.45, 7) is 1.13. The van der Waals surface area contributed by atoms with Crippen molar-refractivity contribution >= 4 is 0 Å². The topological polar surface area (TPSA) is 12.0 Å². The Bertz CT molecular complexity index is 532. The fourth-order valence-corrected chi connectivity index (χ4v) is 3.12. The van der Waals surface area contributed by atoms with Gasteiger partial charge in [0.25, 0.3) is 0 Å². The van der Waals surface area contributed by atoms with Gasteiger partial charge in [0, 0.05) is 6.04 Å². The largest absolute Gasteiger partial charge is 0.314 e. The third kappa shape index (κ3) is 3.49. The van der Waals surface area contributed by atoms with Crippen molar-refractivity contribution in [2.24, 2.45) is 0 Å². The van der Waals surface area contributed by atoms with E-state index in [0.29, 0.717) is 6.04 Å². The molecule has 0 bridgehead atoms. The molecule has 1 N–H and O–H groups in total. The van der Waals surface area contributed by atoms with Gasteiger partial charge in [-0.1, -0.05) is 54.6 Å². The highest BCUT2D eigenvalue weighted by Gasteiger charge is 2.16. The highest BCUT2D eigenvalue weighted by molar-refractivity contribution is 5.30. The zero-order chi connectivity index (χ0) is 13.6. The number of nitrogens with one attached hydrogen (secondary N) is 1. The van der Waals surface area contributed by atoms with Crippen LogP contribution in [0.15, 0.2) is 54.6 Å². The Morgan fingerprint density at radius 3 is 2.50 bits per heavy atom. The Hall–Kier alpha value is -1.60. The molecular weight excluding hydrogens is 242 g/mol. The van der Waals surface area contributed by atoms with E-state index in [1.807, 2.05) is 0 Å². The summed E-state index contributed by atoms with van der Waals surface area (Å²) in [5.74, 6) is 0. The van der Waals surface area contributed by atoms with E-state index in [4.69, 9.17) is 0 Å². The van der Waals surface area contributed by atoms with Gasteiger partial charge >= 0.3 is 0 Å². The number of benzene rings is 2. The minimum atomic E-state index is 0.667. The summed E-state index contributed by atoms with van der Waals surface area (Å²) in [5, 5.41) is 3.73. The highest BCUT2D eigenvalue weighted by atomic mass is 14.9. The fourth-order valence-electron chi connectivity index (χ4n) is 3.12. The SMILES string of the molecule is c1ccc(CCCNC2CCc3ccccc3C2)cc1. The molecule has 0 radical (unpaired) electrons. The minimum absolute atomic E-state index is 0.667. The van der Waals surface area contributed by atoms with Crippen molar-refractivity contribution in [3.63, 3.8) is 0 Å². The zero-order valence-corrected chi connectivity index (χ0v) is 12.0. The summed E-state index contributed by atoms with van der Waals surface area (Å²) in [6.07, 6.45) is 6.11. The Morgan fingerprint density at radius 1 is 0.900 bits per heavy atom. The molecule has 2 aromatic rings. The van der Waals surface area contributed by atoms with Crippen molar-refractivity contribution in [1.82, 2.24) is 5.32 Å². The molecule has 20 heavy (non-hydrogen) atoms. The quantitative estimate of drug-likeness (QED) is 0.812. The molecule has 1 aliphatic rings. The molecule has 104 valence electrons. The van der Waals surface area contributed by atoms with E-state index in [0.717, 1.165) is 6.54 Å². The van der Waals surface area contributed by atoms with Crippen LogP contribution in [0.4, 0.5) is 0 Å². The van der Waals surface area contributed by atoms with Gasteiger partial charge in [0.1, 0.15) is 0 Å². The standard InChI is InChI=1S/C19H23N/c1-2-7-16(8-3-1)9-6-14-20-19-13-12-17-10-4-5-11-18(17)15-19/h1-5,7-8,10-11,19-20H,6,9,12-15H2. The maximum atomic E-state index is 3.73. The summed E-state index contributed by atoms with van der Waals surface area (Å²) >= 11 is 0. The first-order valence-electron chi connectivity index (χ1n) is 7.76. The highest BCUT2D eigenvalue weighted by Crippen LogP contribution is 2.20. The molecule has 1 aliphatic carbocycles. The van der Waals surface area contributed by atoms with Crippen LogP contribution < -0.4 is 5.32 Å². The molecule has 1 unspecified atom stereocenters. The summed E-state index contributed by atoms with van der Waals surface area (Å²) in [6, 6.07) is 20.3. The monoisotopic (exact) mass is 265 g/mol. The van der Waals surface area contributed by atoms with Crippen LogP contribution in [0.5, 0.6) is 0 Å². The Morgan fingerprint density at radius 2 is 1.65 bits per heavy atom. The van der Waals surface area contributed by atoms with Crippen LogP contribution in [-0.2, 0) is 19.3 Å². The maximum absolute atomic E-state index is 3.73. The normalized spacial score (nSPS) is 17.7. The van der Waals surface area contributed by atoms with Crippen LogP contribution in [0.25, 0.3) is 0 Å². The van der Waals surface area contributed by atoms with Crippen molar-refractivity contribution < 1.29 is 0 Å². The summed E-state index contributed by atoms with van der Waals surface area (Å²) in [4.78, 5) is 0. The number of rotatable bonds is 5. The smallest absolute Gasteiger partial charge is 0.0111 e. The van der Waals surface area contributed by atoms with Crippen molar-refractivity contribution in [2.75, 3.05) is 6.54 Å². The lowest BCUT2D eigenvalue weighted by atomic mass is 9.88. The number of hydrogen-bond donors (Lipinski definition) is 1. The van der Waals surface area contributed by atoms with Crippen LogP contribution in [0.3, 0.4) is 0 Å². The van der Waals surface area contributed by atoms with Gasteiger partial charge in [-0.05, 0) is 55.3 Å². The average Bonchev–Trinajstić information content (AvgIpc) is 2.52. The predicted octanol–water partition coefficient (Wildman–Crippen LogP) is 3.77. The molecule has 0 heterocycles. The molecule has 1 nitrogen and oxygen atoms in total. The van der Waals surface area contributed by atoms with Crippen molar-refractivity contribution in [2.45, 2.75) is 38.1 Å². The molecule has 0 saturated carbocycles. The lowest BCUT2D eigenvalue weighted by molar-refractivity contribution is 0.454. The van der Waals surface area contributed by atoms with Crippen molar-refractivity contribution in [1.29, 1.82) is 0 Å². The van der Waals surface area contributed by atoms with Crippen LogP contribution in [-0.4, -0.2) is 12.6 Å². The molecule has 0 amide bonds. The minimum Gasteiger partial charge on any atom is -0.314 e.